The second-order valence-electron chi connectivity index (χ2n) is 5.69. The number of benzene rings is 1. The molecule has 0 aromatic heterocycles. The Bertz CT molecular complexity index is 485. The number of esters is 1. The fourth-order valence-electron chi connectivity index (χ4n) is 2.72. The molecule has 1 aliphatic heterocycles. The molecule has 110 valence electrons. The summed E-state index contributed by atoms with van der Waals surface area (Å²) in [4.78, 5) is 14.2. The molecule has 0 saturated carbocycles. The molecule has 1 fully saturated rings. The zero-order chi connectivity index (χ0) is 14.7. The van der Waals surface area contributed by atoms with Gasteiger partial charge in [0.15, 0.2) is 0 Å². The highest BCUT2D eigenvalue weighted by Crippen LogP contribution is 2.23. The van der Waals surface area contributed by atoms with Gasteiger partial charge in [-0.25, -0.2) is 4.79 Å². The Morgan fingerprint density at radius 1 is 1.45 bits per heavy atom. The van der Waals surface area contributed by atoms with E-state index in [4.69, 9.17) is 4.74 Å². The van der Waals surface area contributed by atoms with Crippen molar-refractivity contribution < 1.29 is 9.53 Å². The summed E-state index contributed by atoms with van der Waals surface area (Å²) in [6.45, 7) is 8.60. The third-order valence-corrected chi connectivity index (χ3v) is 4.05. The molecule has 1 saturated heterocycles. The van der Waals surface area contributed by atoms with Crippen molar-refractivity contribution in [3.63, 3.8) is 0 Å². The third-order valence-electron chi connectivity index (χ3n) is 4.05. The molecule has 1 unspecified atom stereocenters. The van der Waals surface area contributed by atoms with Gasteiger partial charge in [-0.3, -0.25) is 4.90 Å². The summed E-state index contributed by atoms with van der Waals surface area (Å²) in [5.74, 6) is -0.277. The zero-order valence-electron chi connectivity index (χ0n) is 12.8. The Labute approximate surface area is 121 Å². The molecule has 20 heavy (non-hydrogen) atoms. The summed E-state index contributed by atoms with van der Waals surface area (Å²) in [6.07, 6.45) is 1.14. The molecule has 2 rings (SSSR count). The van der Waals surface area contributed by atoms with Gasteiger partial charge in [-0.15, -0.1) is 0 Å². The number of anilines is 1. The smallest absolute Gasteiger partial charge is 0.338 e. The van der Waals surface area contributed by atoms with Gasteiger partial charge in [-0.2, -0.15) is 0 Å². The maximum absolute atomic E-state index is 11.7. The van der Waals surface area contributed by atoms with Crippen LogP contribution in [0.5, 0.6) is 0 Å². The van der Waals surface area contributed by atoms with E-state index < -0.39 is 0 Å². The molecule has 1 aromatic rings. The van der Waals surface area contributed by atoms with Gasteiger partial charge in [0.1, 0.15) is 0 Å². The first kappa shape index (κ1) is 14.9. The van der Waals surface area contributed by atoms with Gasteiger partial charge in [-0.05, 0) is 44.9 Å². The van der Waals surface area contributed by atoms with E-state index in [0.29, 0.717) is 17.6 Å². The molecule has 0 amide bonds. The van der Waals surface area contributed by atoms with Crippen LogP contribution in [0.1, 0.15) is 36.2 Å². The normalized spacial score (nSPS) is 19.4. The monoisotopic (exact) mass is 276 g/mol. The fourth-order valence-corrected chi connectivity index (χ4v) is 2.72. The molecule has 0 aliphatic carbocycles. The average molecular weight is 276 g/mol. The van der Waals surface area contributed by atoms with Crippen molar-refractivity contribution in [2.24, 2.45) is 0 Å². The highest BCUT2D eigenvalue weighted by Gasteiger charge is 2.24. The Morgan fingerprint density at radius 3 is 2.80 bits per heavy atom. The van der Waals surface area contributed by atoms with E-state index in [9.17, 15) is 4.79 Å². The summed E-state index contributed by atoms with van der Waals surface area (Å²) in [5.41, 5.74) is 2.63. The molecule has 0 radical (unpaired) electrons. The van der Waals surface area contributed by atoms with Crippen LogP contribution in [0.15, 0.2) is 18.2 Å². The van der Waals surface area contributed by atoms with Crippen LogP contribution in [0.2, 0.25) is 0 Å². The van der Waals surface area contributed by atoms with E-state index in [1.165, 1.54) is 7.11 Å². The summed E-state index contributed by atoms with van der Waals surface area (Å²) < 4.78 is 4.82. The van der Waals surface area contributed by atoms with Crippen molar-refractivity contribution in [3.8, 4) is 0 Å². The Balaban J connectivity index is 2.09. The highest BCUT2D eigenvalue weighted by atomic mass is 16.5. The van der Waals surface area contributed by atoms with Gasteiger partial charge in [0.2, 0.25) is 0 Å². The van der Waals surface area contributed by atoms with E-state index in [2.05, 4.69) is 24.1 Å². The van der Waals surface area contributed by atoms with Crippen molar-refractivity contribution >= 4 is 11.7 Å². The minimum Gasteiger partial charge on any atom is -0.465 e. The van der Waals surface area contributed by atoms with Gasteiger partial charge in [-0.1, -0.05) is 6.07 Å². The first-order chi connectivity index (χ1) is 9.52. The number of hydrogen-bond acceptors (Lipinski definition) is 4. The lowest BCUT2D eigenvalue weighted by molar-refractivity contribution is 0.0600. The van der Waals surface area contributed by atoms with Crippen LogP contribution in [0.3, 0.4) is 0 Å². The van der Waals surface area contributed by atoms with Crippen molar-refractivity contribution in [2.75, 3.05) is 25.5 Å². The second kappa shape index (κ2) is 6.27. The maximum atomic E-state index is 11.7. The molecule has 1 aliphatic rings. The van der Waals surface area contributed by atoms with Crippen molar-refractivity contribution in [3.05, 3.63) is 29.3 Å². The zero-order valence-corrected chi connectivity index (χ0v) is 12.8. The number of nitrogens with zero attached hydrogens (tertiary/aromatic N) is 1. The SMILES string of the molecule is COC(=O)c1cccc(NC2CCN(C(C)C)C2)c1C. The van der Waals surface area contributed by atoms with Crippen LogP contribution < -0.4 is 5.32 Å². The average Bonchev–Trinajstić information content (AvgIpc) is 2.89. The number of carbonyl (C=O) groups is 1. The predicted octanol–water partition coefficient (Wildman–Crippen LogP) is 2.68. The number of ether oxygens (including phenoxy) is 1. The predicted molar refractivity (Wildman–Crippen MR) is 81.3 cm³/mol. The highest BCUT2D eigenvalue weighted by molar-refractivity contribution is 5.92. The van der Waals surface area contributed by atoms with Gasteiger partial charge in [0, 0.05) is 30.9 Å². The molecular weight excluding hydrogens is 252 g/mol. The number of carbonyl (C=O) groups excluding carboxylic acids is 1. The largest absolute Gasteiger partial charge is 0.465 e. The molecule has 0 spiro atoms. The second-order valence-corrected chi connectivity index (χ2v) is 5.69. The van der Waals surface area contributed by atoms with Crippen LogP contribution >= 0.6 is 0 Å². The van der Waals surface area contributed by atoms with Gasteiger partial charge in [0.25, 0.3) is 0 Å². The molecular formula is C16H24N2O2. The molecule has 1 N–H and O–H groups in total. The van der Waals surface area contributed by atoms with Crippen molar-refractivity contribution in [1.29, 1.82) is 0 Å². The number of nitrogens with one attached hydrogen (secondary N) is 1. The Hall–Kier alpha value is -1.55. The molecule has 1 heterocycles. The first-order valence-electron chi connectivity index (χ1n) is 7.21. The van der Waals surface area contributed by atoms with E-state index in [0.717, 1.165) is 30.8 Å². The van der Waals surface area contributed by atoms with Gasteiger partial charge in [0.05, 0.1) is 12.7 Å². The molecule has 1 aromatic carbocycles. The summed E-state index contributed by atoms with van der Waals surface area (Å²) >= 11 is 0. The lowest BCUT2D eigenvalue weighted by Crippen LogP contribution is -2.31. The van der Waals surface area contributed by atoms with Crippen LogP contribution in [-0.4, -0.2) is 43.2 Å². The van der Waals surface area contributed by atoms with E-state index in [1.807, 2.05) is 19.1 Å². The first-order valence-corrected chi connectivity index (χ1v) is 7.21. The van der Waals surface area contributed by atoms with Gasteiger partial charge >= 0.3 is 5.97 Å². The lowest BCUT2D eigenvalue weighted by Gasteiger charge is -2.21. The fraction of sp³-hybridized carbons (Fsp3) is 0.562. The standard InChI is InChI=1S/C16H24N2O2/c1-11(2)18-9-8-13(10-18)17-15-7-5-6-14(12(15)3)16(19)20-4/h5-7,11,13,17H,8-10H2,1-4H3. The lowest BCUT2D eigenvalue weighted by atomic mass is 10.1. The summed E-state index contributed by atoms with van der Waals surface area (Å²) in [7, 11) is 1.42. The Kier molecular flexibility index (Phi) is 4.65. The molecule has 0 bridgehead atoms. The maximum Gasteiger partial charge on any atom is 0.338 e. The quantitative estimate of drug-likeness (QED) is 0.859. The van der Waals surface area contributed by atoms with E-state index >= 15 is 0 Å². The minimum atomic E-state index is -0.277. The van der Waals surface area contributed by atoms with Crippen LogP contribution in [0.4, 0.5) is 5.69 Å². The number of likely N-dealkylation sites (tertiary alicyclic amines) is 1. The molecule has 1 atom stereocenters. The van der Waals surface area contributed by atoms with Crippen LogP contribution in [0.25, 0.3) is 0 Å². The molecule has 4 nitrogen and oxygen atoms in total. The minimum absolute atomic E-state index is 0.277. The molecule has 4 heteroatoms. The topological polar surface area (TPSA) is 41.6 Å². The van der Waals surface area contributed by atoms with Crippen molar-refractivity contribution in [1.82, 2.24) is 4.90 Å². The van der Waals surface area contributed by atoms with Crippen molar-refractivity contribution in [2.45, 2.75) is 39.3 Å². The summed E-state index contributed by atoms with van der Waals surface area (Å²) in [5, 5.41) is 3.56. The van der Waals surface area contributed by atoms with Crippen LogP contribution in [-0.2, 0) is 4.74 Å². The van der Waals surface area contributed by atoms with Crippen LogP contribution in [0, 0.1) is 6.92 Å². The number of hydrogen-bond donors (Lipinski definition) is 1. The van der Waals surface area contributed by atoms with E-state index in [1.54, 1.807) is 6.07 Å². The summed E-state index contributed by atoms with van der Waals surface area (Å²) in [6, 6.07) is 6.77. The number of methoxy groups -OCH3 is 1. The van der Waals surface area contributed by atoms with E-state index in [-0.39, 0.29) is 5.97 Å². The number of rotatable bonds is 4. The van der Waals surface area contributed by atoms with Gasteiger partial charge < -0.3 is 10.1 Å². The Morgan fingerprint density at radius 2 is 2.20 bits per heavy atom. The third kappa shape index (κ3) is 3.12.